The minimum absolute atomic E-state index is 0.0517. The fraction of sp³-hybridized carbons (Fsp3) is 0.125. The SMILES string of the molecule is COCC(=O)Nc1ccc(-c2ccnc3[nH]ccc23)cc1. The molecule has 0 radical (unpaired) electrons. The Balaban J connectivity index is 1.87. The summed E-state index contributed by atoms with van der Waals surface area (Å²) >= 11 is 0. The van der Waals surface area contributed by atoms with Gasteiger partial charge >= 0.3 is 0 Å². The average Bonchev–Trinajstić information content (AvgIpc) is 2.97. The minimum Gasteiger partial charge on any atom is -0.375 e. The second-order valence-electron chi connectivity index (χ2n) is 4.66. The standard InChI is InChI=1S/C16H15N3O2/c1-21-10-15(20)19-12-4-2-11(3-5-12)13-6-8-17-16-14(13)7-9-18-16/h2-9H,10H2,1H3,(H,17,18)(H,19,20). The molecule has 1 aromatic carbocycles. The predicted molar refractivity (Wildman–Crippen MR) is 82.0 cm³/mol. The first-order valence-electron chi connectivity index (χ1n) is 6.59. The zero-order valence-electron chi connectivity index (χ0n) is 11.6. The van der Waals surface area contributed by atoms with Gasteiger partial charge in [-0.1, -0.05) is 12.1 Å². The normalized spacial score (nSPS) is 10.7. The van der Waals surface area contributed by atoms with Crippen LogP contribution in [0.15, 0.2) is 48.8 Å². The lowest BCUT2D eigenvalue weighted by Crippen LogP contribution is -2.16. The van der Waals surface area contributed by atoms with Gasteiger partial charge in [0.2, 0.25) is 5.91 Å². The molecule has 2 heterocycles. The molecule has 106 valence electrons. The second kappa shape index (κ2) is 5.76. The van der Waals surface area contributed by atoms with E-state index in [4.69, 9.17) is 4.74 Å². The van der Waals surface area contributed by atoms with Gasteiger partial charge in [0.1, 0.15) is 12.3 Å². The average molecular weight is 281 g/mol. The van der Waals surface area contributed by atoms with Gasteiger partial charge in [0.15, 0.2) is 0 Å². The lowest BCUT2D eigenvalue weighted by Gasteiger charge is -2.07. The van der Waals surface area contributed by atoms with Gasteiger partial charge in [-0.2, -0.15) is 0 Å². The molecule has 0 bridgehead atoms. The Labute approximate surface area is 122 Å². The summed E-state index contributed by atoms with van der Waals surface area (Å²) < 4.78 is 4.79. The van der Waals surface area contributed by atoms with E-state index >= 15 is 0 Å². The van der Waals surface area contributed by atoms with Crippen molar-refractivity contribution in [1.82, 2.24) is 9.97 Å². The molecule has 2 N–H and O–H groups in total. The van der Waals surface area contributed by atoms with Gasteiger partial charge in [-0.25, -0.2) is 4.98 Å². The summed E-state index contributed by atoms with van der Waals surface area (Å²) in [6.07, 6.45) is 3.66. The van der Waals surface area contributed by atoms with Crippen molar-refractivity contribution in [3.05, 3.63) is 48.8 Å². The Morgan fingerprint density at radius 3 is 2.81 bits per heavy atom. The fourth-order valence-electron chi connectivity index (χ4n) is 2.27. The van der Waals surface area contributed by atoms with Crippen molar-refractivity contribution in [2.45, 2.75) is 0 Å². The van der Waals surface area contributed by atoms with Gasteiger partial charge in [0.25, 0.3) is 0 Å². The van der Waals surface area contributed by atoms with E-state index in [1.54, 1.807) is 6.20 Å². The van der Waals surface area contributed by atoms with Crippen molar-refractivity contribution >= 4 is 22.6 Å². The highest BCUT2D eigenvalue weighted by Crippen LogP contribution is 2.27. The van der Waals surface area contributed by atoms with Crippen molar-refractivity contribution in [2.24, 2.45) is 0 Å². The molecule has 0 aliphatic heterocycles. The first-order chi connectivity index (χ1) is 10.3. The number of aromatic amines is 1. The second-order valence-corrected chi connectivity index (χ2v) is 4.66. The van der Waals surface area contributed by atoms with Crippen LogP contribution in [0.3, 0.4) is 0 Å². The monoisotopic (exact) mass is 281 g/mol. The highest BCUT2D eigenvalue weighted by atomic mass is 16.5. The summed E-state index contributed by atoms with van der Waals surface area (Å²) in [5.41, 5.74) is 3.80. The van der Waals surface area contributed by atoms with Gasteiger partial charge in [0.05, 0.1) is 0 Å². The van der Waals surface area contributed by atoms with E-state index in [1.807, 2.05) is 42.6 Å². The molecule has 0 spiro atoms. The molecule has 0 aliphatic carbocycles. The summed E-state index contributed by atoms with van der Waals surface area (Å²) in [5, 5.41) is 3.85. The molecule has 0 unspecified atom stereocenters. The maximum Gasteiger partial charge on any atom is 0.250 e. The van der Waals surface area contributed by atoms with Crippen molar-refractivity contribution in [3.8, 4) is 11.1 Å². The Morgan fingerprint density at radius 2 is 2.05 bits per heavy atom. The van der Waals surface area contributed by atoms with Crippen LogP contribution >= 0.6 is 0 Å². The molecule has 5 heteroatoms. The van der Waals surface area contributed by atoms with Crippen LogP contribution in [0.1, 0.15) is 0 Å². The smallest absolute Gasteiger partial charge is 0.250 e. The van der Waals surface area contributed by atoms with E-state index in [9.17, 15) is 4.79 Å². The molecular weight excluding hydrogens is 266 g/mol. The minimum atomic E-state index is -0.165. The summed E-state index contributed by atoms with van der Waals surface area (Å²) in [6, 6.07) is 11.7. The molecule has 0 saturated carbocycles. The number of ether oxygens (including phenoxy) is 1. The van der Waals surface area contributed by atoms with Crippen molar-refractivity contribution < 1.29 is 9.53 Å². The van der Waals surface area contributed by atoms with E-state index in [0.29, 0.717) is 0 Å². The summed E-state index contributed by atoms with van der Waals surface area (Å²) in [4.78, 5) is 18.8. The number of H-pyrrole nitrogens is 1. The number of rotatable bonds is 4. The van der Waals surface area contributed by atoms with Crippen molar-refractivity contribution in [2.75, 3.05) is 19.0 Å². The molecule has 2 aromatic heterocycles. The Hall–Kier alpha value is -2.66. The lowest BCUT2D eigenvalue weighted by molar-refractivity contribution is -0.119. The summed E-state index contributed by atoms with van der Waals surface area (Å²) in [5.74, 6) is -0.165. The van der Waals surface area contributed by atoms with Gasteiger partial charge in [0, 0.05) is 30.6 Å². The van der Waals surface area contributed by atoms with Crippen LogP contribution in [-0.4, -0.2) is 29.6 Å². The molecule has 0 saturated heterocycles. The number of pyridine rings is 1. The number of aromatic nitrogens is 2. The predicted octanol–water partition coefficient (Wildman–Crippen LogP) is 2.81. The van der Waals surface area contributed by atoms with Crippen LogP contribution in [0.5, 0.6) is 0 Å². The molecular formula is C16H15N3O2. The van der Waals surface area contributed by atoms with E-state index in [2.05, 4.69) is 15.3 Å². The number of carbonyl (C=O) groups is 1. The number of methoxy groups -OCH3 is 1. The van der Waals surface area contributed by atoms with Crippen LogP contribution in [0.25, 0.3) is 22.2 Å². The molecule has 3 aromatic rings. The molecule has 21 heavy (non-hydrogen) atoms. The number of hydrogen-bond acceptors (Lipinski definition) is 3. The van der Waals surface area contributed by atoms with Gasteiger partial charge in [-0.05, 0) is 35.4 Å². The lowest BCUT2D eigenvalue weighted by atomic mass is 10.0. The van der Waals surface area contributed by atoms with Gasteiger partial charge in [-0.3, -0.25) is 4.79 Å². The van der Waals surface area contributed by atoms with Crippen LogP contribution in [0.2, 0.25) is 0 Å². The molecule has 0 aliphatic rings. The number of benzene rings is 1. The van der Waals surface area contributed by atoms with E-state index in [1.165, 1.54) is 7.11 Å². The summed E-state index contributed by atoms with van der Waals surface area (Å²) in [7, 11) is 1.49. The number of anilines is 1. The fourth-order valence-corrected chi connectivity index (χ4v) is 2.27. The van der Waals surface area contributed by atoms with Gasteiger partial charge < -0.3 is 15.0 Å². The van der Waals surface area contributed by atoms with Gasteiger partial charge in [-0.15, -0.1) is 0 Å². The first kappa shape index (κ1) is 13.3. The number of amides is 1. The molecule has 0 fully saturated rings. The van der Waals surface area contributed by atoms with Crippen LogP contribution in [0.4, 0.5) is 5.69 Å². The van der Waals surface area contributed by atoms with Crippen molar-refractivity contribution in [1.29, 1.82) is 0 Å². The number of fused-ring (bicyclic) bond motifs is 1. The van der Waals surface area contributed by atoms with Crippen LogP contribution in [-0.2, 0) is 9.53 Å². The molecule has 0 atom stereocenters. The number of hydrogen-bond donors (Lipinski definition) is 2. The van der Waals surface area contributed by atoms with Crippen LogP contribution < -0.4 is 5.32 Å². The highest BCUT2D eigenvalue weighted by molar-refractivity contribution is 5.94. The Morgan fingerprint density at radius 1 is 1.24 bits per heavy atom. The summed E-state index contributed by atoms with van der Waals surface area (Å²) in [6.45, 7) is 0.0517. The third kappa shape index (κ3) is 2.78. The highest BCUT2D eigenvalue weighted by Gasteiger charge is 2.06. The number of nitrogens with zero attached hydrogens (tertiary/aromatic N) is 1. The number of nitrogens with one attached hydrogen (secondary N) is 2. The third-order valence-electron chi connectivity index (χ3n) is 3.22. The molecule has 5 nitrogen and oxygen atoms in total. The zero-order valence-corrected chi connectivity index (χ0v) is 11.6. The van der Waals surface area contributed by atoms with E-state index in [0.717, 1.165) is 27.8 Å². The first-order valence-corrected chi connectivity index (χ1v) is 6.59. The third-order valence-corrected chi connectivity index (χ3v) is 3.22. The topological polar surface area (TPSA) is 67.0 Å². The largest absolute Gasteiger partial charge is 0.375 e. The number of carbonyl (C=O) groups excluding carboxylic acids is 1. The van der Waals surface area contributed by atoms with Crippen molar-refractivity contribution in [3.63, 3.8) is 0 Å². The molecule has 1 amide bonds. The van der Waals surface area contributed by atoms with Crippen LogP contribution in [0, 0.1) is 0 Å². The quantitative estimate of drug-likeness (QED) is 0.772. The van der Waals surface area contributed by atoms with E-state index < -0.39 is 0 Å². The Kier molecular flexibility index (Phi) is 3.66. The van der Waals surface area contributed by atoms with E-state index in [-0.39, 0.29) is 12.5 Å². The maximum atomic E-state index is 11.5. The molecule has 3 rings (SSSR count). The Bertz CT molecular complexity index is 763. The zero-order chi connectivity index (χ0) is 14.7. The maximum absolute atomic E-state index is 11.5.